The zero-order valence-corrected chi connectivity index (χ0v) is 42.2. The van der Waals surface area contributed by atoms with Crippen molar-refractivity contribution in [2.24, 2.45) is 5.73 Å². The number of carboxylic acid groups (broad SMARTS) is 2. The molecule has 0 saturated heterocycles. The maximum Gasteiger partial charge on any atom is 0.326 e. The summed E-state index contributed by atoms with van der Waals surface area (Å²) in [6.07, 6.45) is 18.2. The molecule has 0 fully saturated rings. The first kappa shape index (κ1) is 65.7. The van der Waals surface area contributed by atoms with Crippen molar-refractivity contribution in [1.29, 1.82) is 0 Å². The molecule has 0 spiro atoms. The summed E-state index contributed by atoms with van der Waals surface area (Å²) in [5.41, 5.74) is 5.51. The quantitative estimate of drug-likeness (QED) is 0.0406. The van der Waals surface area contributed by atoms with E-state index < -0.39 is 36.0 Å². The SMILES string of the molecule is CC(N)C(=O)[C@H](C)NC(=O)COCCOCCNC(=O)COCCOCCNC(=O)COCCOCCNC(=O)CC[C@H](NC(=O)CCCCCCCCCCCCCCCCCCC(=O)O)C(=O)O.[HH]. The second kappa shape index (κ2) is 47.0. The van der Waals surface area contributed by atoms with Gasteiger partial charge in [-0.1, -0.05) is 89.9 Å². The molecule has 0 aromatic carbocycles. The lowest BCUT2D eigenvalue weighted by Crippen LogP contribution is -2.46. The van der Waals surface area contributed by atoms with Gasteiger partial charge in [0, 0.05) is 40.3 Å². The molecule has 70 heavy (non-hydrogen) atoms. The van der Waals surface area contributed by atoms with Crippen LogP contribution in [0.25, 0.3) is 0 Å². The molecule has 0 saturated carbocycles. The third-order valence-corrected chi connectivity index (χ3v) is 10.6. The fourth-order valence-corrected chi connectivity index (χ4v) is 6.72. The Bertz CT molecular complexity index is 1430. The van der Waals surface area contributed by atoms with Crippen LogP contribution in [0, 0.1) is 0 Å². The van der Waals surface area contributed by atoms with E-state index in [1.165, 1.54) is 57.8 Å². The molecule has 0 bridgehead atoms. The molecule has 3 atom stereocenters. The molecule has 0 aliphatic heterocycles. The van der Waals surface area contributed by atoms with Gasteiger partial charge in [0.25, 0.3) is 0 Å². The normalized spacial score (nSPS) is 12.4. The molecular formula is C48H90N6O16. The molecule has 408 valence electrons. The third-order valence-electron chi connectivity index (χ3n) is 10.6. The van der Waals surface area contributed by atoms with E-state index in [1.807, 2.05) is 0 Å². The lowest BCUT2D eigenvalue weighted by atomic mass is 10.0. The minimum absolute atomic E-state index is 0. The Morgan fingerprint density at radius 3 is 1.17 bits per heavy atom. The Morgan fingerprint density at radius 1 is 0.429 bits per heavy atom. The van der Waals surface area contributed by atoms with Crippen molar-refractivity contribution < 1.29 is 78.4 Å². The fourth-order valence-electron chi connectivity index (χ4n) is 6.72. The molecule has 0 aromatic heterocycles. The van der Waals surface area contributed by atoms with E-state index in [2.05, 4.69) is 26.6 Å². The monoisotopic (exact) mass is 1010 g/mol. The Balaban J connectivity index is 0. The van der Waals surface area contributed by atoms with Crippen LogP contribution in [0.15, 0.2) is 0 Å². The number of carbonyl (C=O) groups is 8. The average molecular weight is 1010 g/mol. The molecule has 5 amide bonds. The van der Waals surface area contributed by atoms with Crippen LogP contribution in [0.2, 0.25) is 0 Å². The Hall–Kier alpha value is -4.32. The second-order valence-corrected chi connectivity index (χ2v) is 17.1. The Labute approximate surface area is 416 Å². The highest BCUT2D eigenvalue weighted by atomic mass is 16.5. The summed E-state index contributed by atoms with van der Waals surface area (Å²) < 4.78 is 31.9. The number of nitrogens with one attached hydrogen (secondary N) is 5. The van der Waals surface area contributed by atoms with Crippen molar-refractivity contribution in [2.45, 2.75) is 160 Å². The van der Waals surface area contributed by atoms with Crippen LogP contribution < -0.4 is 32.3 Å². The summed E-state index contributed by atoms with van der Waals surface area (Å²) in [6.45, 7) is 4.97. The summed E-state index contributed by atoms with van der Waals surface area (Å²) in [4.78, 5) is 94.1. The number of hydrogen-bond donors (Lipinski definition) is 8. The predicted molar refractivity (Wildman–Crippen MR) is 262 cm³/mol. The van der Waals surface area contributed by atoms with Crippen LogP contribution in [-0.2, 0) is 66.8 Å². The van der Waals surface area contributed by atoms with Crippen molar-refractivity contribution in [3.8, 4) is 0 Å². The van der Waals surface area contributed by atoms with Gasteiger partial charge in [0.1, 0.15) is 25.9 Å². The first-order chi connectivity index (χ1) is 33.7. The van der Waals surface area contributed by atoms with Crippen molar-refractivity contribution >= 4 is 47.3 Å². The molecule has 1 unspecified atom stereocenters. The number of hydrogen-bond acceptors (Lipinski definition) is 15. The second-order valence-electron chi connectivity index (χ2n) is 17.1. The van der Waals surface area contributed by atoms with E-state index in [4.69, 9.17) is 39.3 Å². The van der Waals surface area contributed by atoms with Crippen molar-refractivity contribution in [2.75, 3.05) is 98.9 Å². The highest BCUT2D eigenvalue weighted by Crippen LogP contribution is 2.14. The third kappa shape index (κ3) is 44.9. The molecule has 0 aliphatic rings. The maximum atomic E-state index is 12.4. The van der Waals surface area contributed by atoms with Gasteiger partial charge in [-0.25, -0.2) is 4.79 Å². The van der Waals surface area contributed by atoms with Gasteiger partial charge < -0.3 is 71.0 Å². The van der Waals surface area contributed by atoms with Gasteiger partial charge in [-0.3, -0.25) is 33.6 Å². The Morgan fingerprint density at radius 2 is 0.786 bits per heavy atom. The van der Waals surface area contributed by atoms with E-state index in [-0.39, 0.29) is 155 Å². The number of aliphatic carboxylic acids is 2. The minimum atomic E-state index is -1.19. The van der Waals surface area contributed by atoms with Gasteiger partial charge in [0.15, 0.2) is 5.78 Å². The van der Waals surface area contributed by atoms with Crippen LogP contribution in [0.5, 0.6) is 0 Å². The van der Waals surface area contributed by atoms with Gasteiger partial charge >= 0.3 is 11.9 Å². The molecule has 0 aromatic rings. The van der Waals surface area contributed by atoms with E-state index in [1.54, 1.807) is 13.8 Å². The number of unbranched alkanes of at least 4 members (excludes halogenated alkanes) is 15. The highest BCUT2D eigenvalue weighted by Gasteiger charge is 2.21. The Kier molecular flexibility index (Phi) is 44.1. The number of nitrogens with two attached hydrogens (primary N) is 1. The molecular weight excluding hydrogens is 917 g/mol. The van der Waals surface area contributed by atoms with Crippen LogP contribution in [0.1, 0.15) is 144 Å². The van der Waals surface area contributed by atoms with Crippen LogP contribution in [-0.4, -0.2) is 175 Å². The first-order valence-electron chi connectivity index (χ1n) is 25.3. The number of amides is 5. The largest absolute Gasteiger partial charge is 0.481 e. The number of carboxylic acids is 2. The molecule has 0 heterocycles. The summed E-state index contributed by atoms with van der Waals surface area (Å²) in [6, 6.07) is -2.52. The molecule has 0 aliphatic carbocycles. The van der Waals surface area contributed by atoms with Gasteiger partial charge in [-0.05, 0) is 33.1 Å². The first-order valence-corrected chi connectivity index (χ1v) is 25.3. The van der Waals surface area contributed by atoms with E-state index in [0.29, 0.717) is 6.42 Å². The molecule has 0 rings (SSSR count). The fraction of sp³-hybridized carbons (Fsp3) is 0.833. The minimum Gasteiger partial charge on any atom is -0.481 e. The predicted octanol–water partition coefficient (Wildman–Crippen LogP) is 2.56. The zero-order chi connectivity index (χ0) is 51.9. The van der Waals surface area contributed by atoms with E-state index in [9.17, 15) is 43.5 Å². The summed E-state index contributed by atoms with van der Waals surface area (Å²) in [5, 5.41) is 31.2. The number of carbonyl (C=O) groups excluding carboxylic acids is 6. The lowest BCUT2D eigenvalue weighted by Gasteiger charge is -2.15. The summed E-state index contributed by atoms with van der Waals surface area (Å²) in [5.74, 6) is -3.97. The van der Waals surface area contributed by atoms with Gasteiger partial charge in [0.2, 0.25) is 29.5 Å². The number of ether oxygens (including phenoxy) is 6. The molecule has 22 heteroatoms. The number of rotatable bonds is 51. The topological polar surface area (TPSA) is 319 Å². The maximum absolute atomic E-state index is 12.4. The van der Waals surface area contributed by atoms with E-state index in [0.717, 1.165) is 38.5 Å². The summed E-state index contributed by atoms with van der Waals surface area (Å²) in [7, 11) is 0. The molecule has 22 nitrogen and oxygen atoms in total. The summed E-state index contributed by atoms with van der Waals surface area (Å²) >= 11 is 0. The standard InChI is InChI=1S/C48H88N6O16.H2/c1-38(49)47(62)39(2)53-45(59)37-70-34-31-67-28-25-52-44(58)36-69-33-30-66-27-24-51-43(57)35-68-32-29-65-26-23-50-41(55)22-21-40(48(63)64)54-42(56)19-17-15-13-11-9-7-5-3-4-6-8-10-12-14-16-18-20-46(60)61;/h38-40H,3-37,49H2,1-2H3,(H,50,55)(H,51,57)(H,52,58)(H,53,59)(H,54,56)(H,60,61)(H,63,64);1H/t38?,39-,40-;/m0./s1. The van der Waals surface area contributed by atoms with Gasteiger partial charge in [-0.15, -0.1) is 0 Å². The van der Waals surface area contributed by atoms with Crippen molar-refractivity contribution in [1.82, 2.24) is 26.6 Å². The number of ketones is 1. The van der Waals surface area contributed by atoms with Crippen LogP contribution in [0.3, 0.4) is 0 Å². The molecule has 9 N–H and O–H groups in total. The van der Waals surface area contributed by atoms with Gasteiger partial charge in [0.05, 0.1) is 71.5 Å². The zero-order valence-electron chi connectivity index (χ0n) is 42.2. The van der Waals surface area contributed by atoms with Gasteiger partial charge in [-0.2, -0.15) is 0 Å². The van der Waals surface area contributed by atoms with E-state index >= 15 is 0 Å². The van der Waals surface area contributed by atoms with Crippen LogP contribution in [0.4, 0.5) is 0 Å². The van der Waals surface area contributed by atoms with Crippen molar-refractivity contribution in [3.05, 3.63) is 0 Å². The highest BCUT2D eigenvalue weighted by molar-refractivity contribution is 5.92. The molecule has 0 radical (unpaired) electrons. The average Bonchev–Trinajstić information content (AvgIpc) is 3.31. The smallest absolute Gasteiger partial charge is 0.326 e. The lowest BCUT2D eigenvalue weighted by molar-refractivity contribution is -0.142. The van der Waals surface area contributed by atoms with Crippen LogP contribution >= 0.6 is 0 Å². The van der Waals surface area contributed by atoms with Crippen molar-refractivity contribution in [3.63, 3.8) is 0 Å². The number of Topliss-reactive ketones (excluding diaryl/α,β-unsaturated/α-hetero) is 1.